The number of aromatic nitrogens is 8. The number of carbonyl (C=O) groups excluding carboxylic acids is 8. The van der Waals surface area contributed by atoms with Gasteiger partial charge in [-0.2, -0.15) is 0 Å². The summed E-state index contributed by atoms with van der Waals surface area (Å²) in [4.78, 5) is 152. The fourth-order valence-corrected chi connectivity index (χ4v) is 21.6. The van der Waals surface area contributed by atoms with Gasteiger partial charge in [0.05, 0.1) is 41.9 Å². The van der Waals surface area contributed by atoms with Crippen LogP contribution in [0.4, 0.5) is 23.3 Å². The summed E-state index contributed by atoms with van der Waals surface area (Å²) in [5, 5.41) is 65.1. The number of amides is 8. The molecule has 32 nitrogen and oxygen atoms in total. The molecule has 8 amide bonds. The van der Waals surface area contributed by atoms with Crippen LogP contribution in [0.2, 0.25) is 0 Å². The molecule has 0 spiro atoms. The van der Waals surface area contributed by atoms with Crippen LogP contribution in [0.1, 0.15) is 323 Å². The van der Waals surface area contributed by atoms with Crippen molar-refractivity contribution in [1.82, 2.24) is 80.7 Å². The highest BCUT2D eigenvalue weighted by atomic mass is 32.1. The van der Waals surface area contributed by atoms with Crippen LogP contribution in [0.5, 0.6) is 0 Å². The molecule has 2 aliphatic carbocycles. The summed E-state index contributed by atoms with van der Waals surface area (Å²) in [6.45, 7) is 39.8. The Kier molecular flexibility index (Phi) is 33.7. The van der Waals surface area contributed by atoms with Crippen LogP contribution < -0.4 is 42.5 Å². The Bertz CT molecular complexity index is 5510. The van der Waals surface area contributed by atoms with Crippen molar-refractivity contribution in [3.05, 3.63) is 114 Å². The predicted octanol–water partition coefficient (Wildman–Crippen LogP) is 15.3. The summed E-state index contributed by atoms with van der Waals surface area (Å²) >= 11 is 4.78. The van der Waals surface area contributed by atoms with Crippen molar-refractivity contribution in [1.29, 1.82) is 0 Å². The van der Waals surface area contributed by atoms with E-state index in [1.807, 2.05) is 113 Å². The minimum absolute atomic E-state index is 0.0866. The van der Waals surface area contributed by atoms with Gasteiger partial charge in [0, 0.05) is 147 Å². The second-order valence-corrected chi connectivity index (χ2v) is 44.3. The van der Waals surface area contributed by atoms with Gasteiger partial charge in [-0.25, -0.2) is 39.9 Å². The van der Waals surface area contributed by atoms with E-state index in [0.29, 0.717) is 68.5 Å². The van der Waals surface area contributed by atoms with Gasteiger partial charge in [-0.3, -0.25) is 38.4 Å². The van der Waals surface area contributed by atoms with E-state index >= 15 is 0 Å². The number of likely N-dealkylation sites (tertiary alicyclic amines) is 3. The first-order chi connectivity index (χ1) is 63.1. The van der Waals surface area contributed by atoms with E-state index in [4.69, 9.17) is 0 Å². The monoisotopic (exact) mass is 1910 g/mol. The zero-order valence-electron chi connectivity index (χ0n) is 81.4. The highest BCUT2D eigenvalue weighted by molar-refractivity contribution is 7.18. The summed E-state index contributed by atoms with van der Waals surface area (Å²) < 4.78 is 0. The van der Waals surface area contributed by atoms with Crippen LogP contribution in [0.3, 0.4) is 0 Å². The van der Waals surface area contributed by atoms with Gasteiger partial charge in [0.1, 0.15) is 46.0 Å². The molecule has 0 radical (unpaired) electrons. The molecule has 0 aromatic carbocycles. The predicted molar refractivity (Wildman–Crippen MR) is 530 cm³/mol. The first-order valence-electron chi connectivity index (χ1n) is 47.4. The molecule has 7 fully saturated rings. The summed E-state index contributed by atoms with van der Waals surface area (Å²) in [6.07, 6.45) is 25.4. The summed E-state index contributed by atoms with van der Waals surface area (Å²) in [7, 11) is 0. The van der Waals surface area contributed by atoms with Gasteiger partial charge in [-0.15, -0.1) is 45.3 Å². The third-order valence-electron chi connectivity index (χ3n) is 24.9. The van der Waals surface area contributed by atoms with Crippen LogP contribution in [0.15, 0.2) is 49.1 Å². The second-order valence-electron chi connectivity index (χ2n) is 40.3. The standard InChI is InChI=1S/C26H35N5O3S.C25H35N5O3S.C24H35N5O3S.C23H33N5O3S/c1-15-12-20(29-16-6-4-5-7-16)27-13-19(15)22-21(25(33)31-17-8-9-18(31)11-10-17)30-24(35-22)23(32)28-14-26(2,3)34;1-14-11-19(28-16(3)17-8-9-17)26-12-18(14)21-20(24(32)30-10-6-7-15(30)2)29-23(34-21)22(31)27-13-25(4,5)33;1-14(2)27-18-11-15(3)17(12-25-18)20-19(23(31)29-10-8-7-9-16(29)4)28-22(33-20)21(30)26-13-24(5,6)32;1-13(2)26-17-10-14(3)16(11-24-17)19-18(22(30)28-9-7-8-15(28)4)27-21(32-19)20(29)25-12-23(5,6)31/h12-13,16-18,34H,4-11,14H2,1-3H3,(H,27,29)(H,28,32);11-12,15-17,33H,6-10,13H2,1-5H3,(H,26,28)(H,27,31);11-12,14,16,32H,7-10,13H2,1-6H3,(H,25,27)(H,26,30);10-11,13,15,31H,7-9,12H2,1-6H3,(H,24,26)(H,25,29)/t;15-,16+;16-;15-/m.000/s1. The van der Waals surface area contributed by atoms with E-state index in [1.54, 1.807) is 80.2 Å². The van der Waals surface area contributed by atoms with Gasteiger partial charge in [0.25, 0.3) is 47.3 Å². The maximum absolute atomic E-state index is 13.7. The van der Waals surface area contributed by atoms with Crippen molar-refractivity contribution in [2.24, 2.45) is 5.92 Å². The summed E-state index contributed by atoms with van der Waals surface area (Å²) in [6, 6.07) is 10.2. The van der Waals surface area contributed by atoms with E-state index in [9.17, 15) is 58.8 Å². The zero-order chi connectivity index (χ0) is 97.3. The molecule has 5 saturated heterocycles. The number of carbonyl (C=O) groups is 8. The number of pyridine rings is 4. The molecule has 15 rings (SSSR count). The van der Waals surface area contributed by atoms with Gasteiger partial charge in [0.15, 0.2) is 20.0 Å². The number of rotatable bonds is 29. The second kappa shape index (κ2) is 43.9. The van der Waals surface area contributed by atoms with E-state index in [0.717, 1.165) is 151 Å². The van der Waals surface area contributed by atoms with Crippen LogP contribution >= 0.6 is 45.3 Å². The van der Waals surface area contributed by atoms with E-state index in [-0.39, 0.29) is 129 Å². The Balaban J connectivity index is 0.000000161. The average Bonchev–Trinajstić information content (AvgIpc) is 1.62. The minimum atomic E-state index is -1.04. The van der Waals surface area contributed by atoms with Gasteiger partial charge in [0.2, 0.25) is 0 Å². The average molecular weight is 1920 g/mol. The molecule has 726 valence electrons. The molecule has 2 bridgehead atoms. The number of nitrogens with one attached hydrogen (secondary N) is 8. The molecular weight excluding hydrogens is 1780 g/mol. The quantitative estimate of drug-likeness (QED) is 0.0207. The van der Waals surface area contributed by atoms with Crippen LogP contribution in [-0.2, 0) is 0 Å². The van der Waals surface area contributed by atoms with Gasteiger partial charge in [-0.05, 0) is 287 Å². The number of hydrogen-bond donors (Lipinski definition) is 12. The topological polar surface area (TPSA) is 430 Å². The van der Waals surface area contributed by atoms with Crippen LogP contribution in [-0.4, -0.2) is 250 Å². The highest BCUT2D eigenvalue weighted by Crippen LogP contribution is 2.44. The van der Waals surface area contributed by atoms with E-state index in [1.165, 1.54) is 71.0 Å². The third-order valence-corrected chi connectivity index (χ3v) is 29.3. The SMILES string of the molecule is Cc1cc(NC(C)C)ncc1-c1sc(C(=O)NCC(C)(C)O)nc1C(=O)N1CCCC[C@@H]1C.Cc1cc(NC(C)C)ncc1-c1sc(C(=O)NCC(C)(C)O)nc1C(=O)N1CCC[C@@H]1C.Cc1cc(NC2CCCC2)ncc1-c1sc(C(=O)NCC(C)(C)O)nc1C(=O)N1C2CCC1CC2.Cc1cc(N[C@H](C)C2CC2)ncc1-c1sc(C(=O)NCC(C)(C)O)nc1C(=O)N1CCC[C@@H]1C. The van der Waals surface area contributed by atoms with Crippen molar-refractivity contribution in [2.45, 2.75) is 324 Å². The van der Waals surface area contributed by atoms with Gasteiger partial charge >= 0.3 is 0 Å². The molecule has 0 unspecified atom stereocenters. The van der Waals surface area contributed by atoms with E-state index < -0.39 is 40.1 Å². The van der Waals surface area contributed by atoms with Gasteiger partial charge < -0.3 is 82.6 Å². The Morgan fingerprint density at radius 3 is 0.925 bits per heavy atom. The summed E-state index contributed by atoms with van der Waals surface area (Å²) in [5.74, 6) is 1.74. The number of hydrogen-bond acceptors (Lipinski definition) is 28. The van der Waals surface area contributed by atoms with Crippen LogP contribution in [0.25, 0.3) is 41.8 Å². The van der Waals surface area contributed by atoms with Crippen molar-refractivity contribution < 1.29 is 58.8 Å². The zero-order valence-corrected chi connectivity index (χ0v) is 84.7. The van der Waals surface area contributed by atoms with Crippen molar-refractivity contribution >= 4 is 116 Å². The largest absolute Gasteiger partial charge is 0.389 e. The van der Waals surface area contributed by atoms with Gasteiger partial charge in [-0.1, -0.05) is 12.8 Å². The molecule has 2 saturated carbocycles. The molecule has 36 heteroatoms. The fourth-order valence-electron chi connectivity index (χ4n) is 17.4. The number of anilines is 4. The fraction of sp³-hybridized carbons (Fsp3) is 0.592. The molecular formula is C98H138N20O12S4. The maximum Gasteiger partial charge on any atom is 0.280 e. The van der Waals surface area contributed by atoms with E-state index in [2.05, 4.69) is 96.3 Å². The Morgan fingerprint density at radius 1 is 0.373 bits per heavy atom. The number of aliphatic hydroxyl groups is 4. The molecule has 4 atom stereocenters. The van der Waals surface area contributed by atoms with Crippen molar-refractivity contribution in [3.8, 4) is 41.8 Å². The Labute approximate surface area is 803 Å². The smallest absolute Gasteiger partial charge is 0.280 e. The first kappa shape index (κ1) is 103. The number of aryl methyl sites for hydroxylation is 4. The Morgan fingerprint density at radius 2 is 0.649 bits per heavy atom. The first-order valence-corrected chi connectivity index (χ1v) is 50.7. The summed E-state index contributed by atoms with van der Waals surface area (Å²) in [5.41, 5.74) is 4.10. The minimum Gasteiger partial charge on any atom is -0.389 e. The molecule has 134 heavy (non-hydrogen) atoms. The molecule has 7 aliphatic rings. The lowest BCUT2D eigenvalue weighted by molar-refractivity contribution is 0.0628. The molecule has 12 N–H and O–H groups in total. The number of nitrogens with zero attached hydrogens (tertiary/aromatic N) is 12. The maximum atomic E-state index is 13.7. The lowest BCUT2D eigenvalue weighted by atomic mass is 10.0. The number of fused-ring (bicyclic) bond motifs is 2. The highest BCUT2D eigenvalue weighted by Gasteiger charge is 2.45. The Hall–Kier alpha value is -10.1. The molecule has 8 aromatic heterocycles. The molecule has 8 aromatic rings. The number of thiazole rings is 4. The third kappa shape index (κ3) is 27.0. The van der Waals surface area contributed by atoms with Crippen molar-refractivity contribution in [3.63, 3.8) is 0 Å². The normalized spacial score (nSPS) is 18.7. The lowest BCUT2D eigenvalue weighted by Gasteiger charge is -2.33. The van der Waals surface area contributed by atoms with Crippen molar-refractivity contribution in [2.75, 3.05) is 67.1 Å². The molecule has 5 aliphatic heterocycles. The molecule has 13 heterocycles. The number of piperidine rings is 1. The lowest BCUT2D eigenvalue weighted by Crippen LogP contribution is -2.42. The van der Waals surface area contributed by atoms with Crippen LogP contribution in [0, 0.1) is 33.6 Å².